The van der Waals surface area contributed by atoms with Crippen LogP contribution in [0.5, 0.6) is 0 Å². The Bertz CT molecular complexity index is 426. The molecule has 0 aromatic carbocycles. The fourth-order valence-electron chi connectivity index (χ4n) is 2.31. The second-order valence-corrected chi connectivity index (χ2v) is 4.53. The molecule has 90 valence electrons. The molecule has 0 unspecified atom stereocenters. The van der Waals surface area contributed by atoms with Crippen LogP contribution in [0.15, 0.2) is 6.20 Å². The van der Waals surface area contributed by atoms with Gasteiger partial charge in [0.15, 0.2) is 0 Å². The average Bonchev–Trinajstić information content (AvgIpc) is 2.77. The van der Waals surface area contributed by atoms with E-state index in [-0.39, 0.29) is 5.91 Å². The number of hydrogen-bond donors (Lipinski definition) is 2. The summed E-state index contributed by atoms with van der Waals surface area (Å²) in [7, 11) is 0. The number of anilines is 1. The molecule has 0 aliphatic heterocycles. The van der Waals surface area contributed by atoms with Crippen LogP contribution in [0, 0.1) is 17.2 Å². The third kappa shape index (κ3) is 3.06. The van der Waals surface area contributed by atoms with Gasteiger partial charge in [-0.25, -0.2) is 0 Å². The highest BCUT2D eigenvalue weighted by Crippen LogP contribution is 2.26. The molecule has 0 bridgehead atoms. The quantitative estimate of drug-likeness (QED) is 0.838. The van der Waals surface area contributed by atoms with Crippen LogP contribution in [0.25, 0.3) is 0 Å². The number of aromatic amines is 1. The maximum absolute atomic E-state index is 11.8. The number of rotatable bonds is 3. The Morgan fingerprint density at radius 3 is 3.00 bits per heavy atom. The second-order valence-electron chi connectivity index (χ2n) is 4.53. The number of nitrogens with zero attached hydrogens (tertiary/aromatic N) is 2. The lowest BCUT2D eigenvalue weighted by Gasteiger charge is -2.20. The van der Waals surface area contributed by atoms with Gasteiger partial charge < -0.3 is 5.32 Å². The molecular weight excluding hydrogens is 216 g/mol. The minimum Gasteiger partial charge on any atom is -0.310 e. The number of hydrogen-bond acceptors (Lipinski definition) is 3. The standard InChI is InChI=1S/C12H16N4O/c13-7-10-8-14-16-12(10)15-11(17)6-9-4-2-1-3-5-9/h8-9H,1-6H2,(H2,14,15,16,17). The van der Waals surface area contributed by atoms with E-state index in [1.807, 2.05) is 6.07 Å². The van der Waals surface area contributed by atoms with E-state index in [0.717, 1.165) is 12.8 Å². The Balaban J connectivity index is 1.87. The lowest BCUT2D eigenvalue weighted by atomic mass is 9.87. The molecule has 1 amide bonds. The number of aromatic nitrogens is 2. The number of carbonyl (C=O) groups excluding carboxylic acids is 1. The molecule has 2 rings (SSSR count). The van der Waals surface area contributed by atoms with Gasteiger partial charge in [0.2, 0.25) is 5.91 Å². The van der Waals surface area contributed by atoms with E-state index < -0.39 is 0 Å². The Hall–Kier alpha value is -1.83. The van der Waals surface area contributed by atoms with Crippen molar-refractivity contribution in [3.63, 3.8) is 0 Å². The Morgan fingerprint density at radius 1 is 1.53 bits per heavy atom. The van der Waals surface area contributed by atoms with Crippen LogP contribution < -0.4 is 5.32 Å². The second kappa shape index (κ2) is 5.48. The molecule has 1 aliphatic carbocycles. The van der Waals surface area contributed by atoms with Crippen molar-refractivity contribution >= 4 is 11.7 Å². The number of H-pyrrole nitrogens is 1. The first kappa shape index (κ1) is 11.6. The highest BCUT2D eigenvalue weighted by atomic mass is 16.1. The van der Waals surface area contributed by atoms with E-state index in [1.54, 1.807) is 0 Å². The van der Waals surface area contributed by atoms with Gasteiger partial charge in [-0.1, -0.05) is 19.3 Å². The molecule has 0 saturated heterocycles. The minimum atomic E-state index is -0.0300. The fourth-order valence-corrected chi connectivity index (χ4v) is 2.31. The molecule has 1 heterocycles. The lowest BCUT2D eigenvalue weighted by molar-refractivity contribution is -0.117. The third-order valence-electron chi connectivity index (χ3n) is 3.22. The van der Waals surface area contributed by atoms with Gasteiger partial charge in [-0.3, -0.25) is 9.89 Å². The van der Waals surface area contributed by atoms with Crippen LogP contribution in [-0.2, 0) is 4.79 Å². The summed E-state index contributed by atoms with van der Waals surface area (Å²) in [5.74, 6) is 0.878. The highest BCUT2D eigenvalue weighted by molar-refractivity contribution is 5.91. The summed E-state index contributed by atoms with van der Waals surface area (Å²) >= 11 is 0. The number of carbonyl (C=O) groups is 1. The average molecular weight is 232 g/mol. The summed E-state index contributed by atoms with van der Waals surface area (Å²) < 4.78 is 0. The van der Waals surface area contributed by atoms with Crippen molar-refractivity contribution in [1.82, 2.24) is 10.2 Å². The highest BCUT2D eigenvalue weighted by Gasteiger charge is 2.18. The van der Waals surface area contributed by atoms with E-state index in [0.29, 0.717) is 23.7 Å². The summed E-state index contributed by atoms with van der Waals surface area (Å²) in [6.45, 7) is 0. The monoisotopic (exact) mass is 232 g/mol. The molecule has 1 aromatic rings. The summed E-state index contributed by atoms with van der Waals surface area (Å²) in [5, 5.41) is 17.8. The summed E-state index contributed by atoms with van der Waals surface area (Å²) in [5.41, 5.74) is 0.377. The largest absolute Gasteiger partial charge is 0.310 e. The van der Waals surface area contributed by atoms with Crippen molar-refractivity contribution < 1.29 is 4.79 Å². The van der Waals surface area contributed by atoms with Crippen molar-refractivity contribution in [3.05, 3.63) is 11.8 Å². The Morgan fingerprint density at radius 2 is 2.29 bits per heavy atom. The first-order valence-corrected chi connectivity index (χ1v) is 6.03. The van der Waals surface area contributed by atoms with Crippen molar-refractivity contribution in [3.8, 4) is 6.07 Å². The molecular formula is C12H16N4O. The van der Waals surface area contributed by atoms with Crippen molar-refractivity contribution in [2.24, 2.45) is 5.92 Å². The number of nitrogens with one attached hydrogen (secondary N) is 2. The zero-order valence-electron chi connectivity index (χ0n) is 9.70. The third-order valence-corrected chi connectivity index (χ3v) is 3.22. The van der Waals surface area contributed by atoms with E-state index in [1.165, 1.54) is 25.5 Å². The molecule has 17 heavy (non-hydrogen) atoms. The predicted octanol–water partition coefficient (Wildman–Crippen LogP) is 2.19. The maximum atomic E-state index is 11.8. The summed E-state index contributed by atoms with van der Waals surface area (Å²) in [6.07, 6.45) is 7.98. The Labute approximate surface area is 100 Å². The van der Waals surface area contributed by atoms with Gasteiger partial charge in [-0.15, -0.1) is 0 Å². The molecule has 1 saturated carbocycles. The predicted molar refractivity (Wildman–Crippen MR) is 63.1 cm³/mol. The smallest absolute Gasteiger partial charge is 0.225 e. The maximum Gasteiger partial charge on any atom is 0.225 e. The normalized spacial score (nSPS) is 16.4. The zero-order chi connectivity index (χ0) is 12.1. The van der Waals surface area contributed by atoms with Gasteiger partial charge in [-0.05, 0) is 18.8 Å². The molecule has 5 heteroatoms. The first-order valence-electron chi connectivity index (χ1n) is 6.03. The van der Waals surface area contributed by atoms with Crippen LogP contribution >= 0.6 is 0 Å². The van der Waals surface area contributed by atoms with Gasteiger partial charge in [0.1, 0.15) is 17.5 Å². The van der Waals surface area contributed by atoms with Gasteiger partial charge >= 0.3 is 0 Å². The van der Waals surface area contributed by atoms with Gasteiger partial charge in [-0.2, -0.15) is 10.4 Å². The summed E-state index contributed by atoms with van der Waals surface area (Å²) in [4.78, 5) is 11.8. The molecule has 0 spiro atoms. The number of amides is 1. The van der Waals surface area contributed by atoms with Crippen LogP contribution in [-0.4, -0.2) is 16.1 Å². The van der Waals surface area contributed by atoms with Gasteiger partial charge in [0.05, 0.1) is 6.20 Å². The van der Waals surface area contributed by atoms with E-state index in [9.17, 15) is 4.79 Å². The van der Waals surface area contributed by atoms with Crippen molar-refractivity contribution in [2.45, 2.75) is 38.5 Å². The molecule has 0 radical (unpaired) electrons. The lowest BCUT2D eigenvalue weighted by Crippen LogP contribution is -2.18. The van der Waals surface area contributed by atoms with Crippen LogP contribution in [0.3, 0.4) is 0 Å². The van der Waals surface area contributed by atoms with Crippen LogP contribution in [0.2, 0.25) is 0 Å². The minimum absolute atomic E-state index is 0.0300. The van der Waals surface area contributed by atoms with E-state index >= 15 is 0 Å². The molecule has 1 aromatic heterocycles. The molecule has 0 atom stereocenters. The molecule has 1 aliphatic rings. The zero-order valence-corrected chi connectivity index (χ0v) is 9.70. The van der Waals surface area contributed by atoms with Crippen molar-refractivity contribution in [1.29, 1.82) is 5.26 Å². The van der Waals surface area contributed by atoms with Gasteiger partial charge in [0.25, 0.3) is 0 Å². The van der Waals surface area contributed by atoms with Crippen molar-refractivity contribution in [2.75, 3.05) is 5.32 Å². The van der Waals surface area contributed by atoms with E-state index in [4.69, 9.17) is 5.26 Å². The fraction of sp³-hybridized carbons (Fsp3) is 0.583. The Kier molecular flexibility index (Phi) is 3.76. The summed E-state index contributed by atoms with van der Waals surface area (Å²) in [6, 6.07) is 1.98. The molecule has 1 fully saturated rings. The topological polar surface area (TPSA) is 81.6 Å². The van der Waals surface area contributed by atoms with Crippen LogP contribution in [0.1, 0.15) is 44.1 Å². The van der Waals surface area contributed by atoms with Gasteiger partial charge in [0, 0.05) is 6.42 Å². The molecule has 2 N–H and O–H groups in total. The van der Waals surface area contributed by atoms with Crippen LogP contribution in [0.4, 0.5) is 5.82 Å². The number of nitriles is 1. The molecule has 5 nitrogen and oxygen atoms in total. The van der Waals surface area contributed by atoms with E-state index in [2.05, 4.69) is 15.5 Å². The SMILES string of the molecule is N#Cc1cn[nH]c1NC(=O)CC1CCCCC1. The first-order chi connectivity index (χ1) is 8.29.